The van der Waals surface area contributed by atoms with Gasteiger partial charge in [-0.3, -0.25) is 4.90 Å². The Hall–Kier alpha value is -2.48. The Morgan fingerprint density at radius 3 is 2.38 bits per heavy atom. The summed E-state index contributed by atoms with van der Waals surface area (Å²) in [6.45, 7) is 8.80. The lowest BCUT2D eigenvalue weighted by atomic mass is 10.1. The molecule has 3 heterocycles. The average Bonchev–Trinajstić information content (AvgIpc) is 3.34. The fraction of sp³-hybridized carbons (Fsp3) is 0.500. The molecule has 0 unspecified atom stereocenters. The van der Waals surface area contributed by atoms with E-state index >= 15 is 0 Å². The number of carbonyl (C=O) groups excluding carboxylic acids is 1. The molecule has 0 atom stereocenters. The van der Waals surface area contributed by atoms with Gasteiger partial charge in [0, 0.05) is 45.0 Å². The van der Waals surface area contributed by atoms with E-state index in [-0.39, 0.29) is 10.9 Å². The second-order valence-corrected chi connectivity index (χ2v) is 12.6. The number of benzene rings is 2. The Morgan fingerprint density at radius 2 is 1.68 bits per heavy atom. The minimum Gasteiger partial charge on any atom is -0.462 e. The highest BCUT2D eigenvalue weighted by Gasteiger charge is 2.27. The van der Waals surface area contributed by atoms with Crippen LogP contribution in [0.15, 0.2) is 52.5 Å². The molecule has 2 aromatic carbocycles. The van der Waals surface area contributed by atoms with Crippen molar-refractivity contribution in [1.82, 2.24) is 18.8 Å². The zero-order valence-electron chi connectivity index (χ0n) is 22.8. The SMILES string of the molecule is CCOC(=O)c1ccc(CSc2nc3cc(S(=O)(=O)N4CCOCC4)ccc3n2CCCN2CCOCC2)cc1. The van der Waals surface area contributed by atoms with Crippen LogP contribution in [0.5, 0.6) is 0 Å². The van der Waals surface area contributed by atoms with E-state index in [4.69, 9.17) is 19.2 Å². The number of sulfonamides is 1. The maximum atomic E-state index is 13.3. The van der Waals surface area contributed by atoms with Crippen molar-refractivity contribution in [1.29, 1.82) is 0 Å². The van der Waals surface area contributed by atoms with E-state index in [9.17, 15) is 13.2 Å². The molecule has 0 amide bonds. The van der Waals surface area contributed by atoms with Gasteiger partial charge in [-0.1, -0.05) is 23.9 Å². The molecule has 5 rings (SSSR count). The van der Waals surface area contributed by atoms with Gasteiger partial charge in [0.15, 0.2) is 5.16 Å². The summed E-state index contributed by atoms with van der Waals surface area (Å²) in [6, 6.07) is 12.7. The molecule has 0 saturated carbocycles. The molecule has 216 valence electrons. The third kappa shape index (κ3) is 6.87. The topological polar surface area (TPSA) is 103 Å². The number of fused-ring (bicyclic) bond motifs is 1. The number of aryl methyl sites for hydroxylation is 1. The van der Waals surface area contributed by atoms with Gasteiger partial charge in [0.1, 0.15) is 0 Å². The maximum Gasteiger partial charge on any atom is 0.338 e. The van der Waals surface area contributed by atoms with Crippen LogP contribution in [0.3, 0.4) is 0 Å². The minimum absolute atomic E-state index is 0.256. The summed E-state index contributed by atoms with van der Waals surface area (Å²) in [7, 11) is -3.62. The Kier molecular flexibility index (Phi) is 9.76. The number of rotatable bonds is 11. The van der Waals surface area contributed by atoms with Crippen molar-refractivity contribution >= 4 is 38.8 Å². The Balaban J connectivity index is 1.36. The third-order valence-electron chi connectivity index (χ3n) is 7.09. The smallest absolute Gasteiger partial charge is 0.338 e. The summed E-state index contributed by atoms with van der Waals surface area (Å²) in [5, 5.41) is 0.840. The van der Waals surface area contributed by atoms with E-state index in [0.717, 1.165) is 62.1 Å². The van der Waals surface area contributed by atoms with Gasteiger partial charge in [0.05, 0.1) is 54.5 Å². The largest absolute Gasteiger partial charge is 0.462 e. The molecule has 0 aliphatic carbocycles. The van der Waals surface area contributed by atoms with E-state index < -0.39 is 10.0 Å². The van der Waals surface area contributed by atoms with Gasteiger partial charge in [-0.05, 0) is 49.2 Å². The minimum atomic E-state index is -3.62. The van der Waals surface area contributed by atoms with Crippen LogP contribution < -0.4 is 0 Å². The van der Waals surface area contributed by atoms with Gasteiger partial charge < -0.3 is 18.8 Å². The number of carbonyl (C=O) groups is 1. The lowest BCUT2D eigenvalue weighted by Gasteiger charge is -2.26. The van der Waals surface area contributed by atoms with Crippen LogP contribution in [0.25, 0.3) is 11.0 Å². The first kappa shape index (κ1) is 29.0. The number of nitrogens with zero attached hydrogens (tertiary/aromatic N) is 4. The van der Waals surface area contributed by atoms with Crippen molar-refractivity contribution in [2.45, 2.75) is 35.7 Å². The summed E-state index contributed by atoms with van der Waals surface area (Å²) < 4.78 is 46.1. The summed E-state index contributed by atoms with van der Waals surface area (Å²) in [5.41, 5.74) is 3.17. The molecular formula is C28H36N4O6S2. The van der Waals surface area contributed by atoms with E-state index in [2.05, 4.69) is 9.47 Å². The number of aromatic nitrogens is 2. The average molecular weight is 589 g/mol. The van der Waals surface area contributed by atoms with Crippen LogP contribution in [0.4, 0.5) is 0 Å². The summed E-state index contributed by atoms with van der Waals surface area (Å²) in [5.74, 6) is 0.334. The Morgan fingerprint density at radius 1 is 0.975 bits per heavy atom. The third-order valence-corrected chi connectivity index (χ3v) is 10.0. The van der Waals surface area contributed by atoms with Crippen LogP contribution >= 0.6 is 11.8 Å². The first-order chi connectivity index (χ1) is 19.5. The fourth-order valence-electron chi connectivity index (χ4n) is 4.89. The molecule has 1 aromatic heterocycles. The predicted molar refractivity (Wildman–Crippen MR) is 153 cm³/mol. The van der Waals surface area contributed by atoms with E-state index in [1.807, 2.05) is 18.2 Å². The van der Waals surface area contributed by atoms with Gasteiger partial charge in [-0.2, -0.15) is 4.31 Å². The highest BCUT2D eigenvalue weighted by Crippen LogP contribution is 2.30. The number of hydrogen-bond acceptors (Lipinski definition) is 9. The number of ether oxygens (including phenoxy) is 3. The second kappa shape index (κ2) is 13.5. The molecule has 10 nitrogen and oxygen atoms in total. The molecule has 2 aliphatic heterocycles. The number of imidazole rings is 1. The molecule has 0 spiro atoms. The van der Waals surface area contributed by atoms with Gasteiger partial charge in [0.2, 0.25) is 10.0 Å². The van der Waals surface area contributed by atoms with E-state index in [1.54, 1.807) is 43.0 Å². The second-order valence-electron chi connectivity index (χ2n) is 9.73. The predicted octanol–water partition coefficient (Wildman–Crippen LogP) is 3.25. The molecular weight excluding hydrogens is 552 g/mol. The fourth-order valence-corrected chi connectivity index (χ4v) is 7.31. The highest BCUT2D eigenvalue weighted by atomic mass is 32.2. The van der Waals surface area contributed by atoms with Gasteiger partial charge in [0.25, 0.3) is 0 Å². The number of thioether (sulfide) groups is 1. The Bertz CT molecular complexity index is 1400. The zero-order chi connectivity index (χ0) is 28.0. The zero-order valence-corrected chi connectivity index (χ0v) is 24.4. The van der Waals surface area contributed by atoms with Crippen molar-refractivity contribution in [3.8, 4) is 0 Å². The van der Waals surface area contributed by atoms with Crippen LogP contribution in [-0.4, -0.2) is 98.9 Å². The number of esters is 1. The maximum absolute atomic E-state index is 13.3. The summed E-state index contributed by atoms with van der Waals surface area (Å²) in [6.07, 6.45) is 0.946. The lowest BCUT2D eigenvalue weighted by molar-refractivity contribution is 0.0369. The van der Waals surface area contributed by atoms with Gasteiger partial charge in [-0.25, -0.2) is 18.2 Å². The number of hydrogen-bond donors (Lipinski definition) is 0. The first-order valence-electron chi connectivity index (χ1n) is 13.7. The van der Waals surface area contributed by atoms with Crippen molar-refractivity contribution < 1.29 is 27.4 Å². The van der Waals surface area contributed by atoms with Crippen molar-refractivity contribution in [2.75, 3.05) is 65.8 Å². The molecule has 2 aliphatic rings. The van der Waals surface area contributed by atoms with E-state index in [1.165, 1.54) is 4.31 Å². The molecule has 2 fully saturated rings. The molecule has 40 heavy (non-hydrogen) atoms. The van der Waals surface area contributed by atoms with Crippen molar-refractivity contribution in [2.24, 2.45) is 0 Å². The first-order valence-corrected chi connectivity index (χ1v) is 16.2. The highest BCUT2D eigenvalue weighted by molar-refractivity contribution is 7.98. The van der Waals surface area contributed by atoms with Crippen molar-refractivity contribution in [3.63, 3.8) is 0 Å². The van der Waals surface area contributed by atoms with Crippen molar-refractivity contribution in [3.05, 3.63) is 53.6 Å². The van der Waals surface area contributed by atoms with E-state index in [0.29, 0.717) is 49.7 Å². The molecule has 3 aromatic rings. The van der Waals surface area contributed by atoms with Crippen LogP contribution in [0, 0.1) is 0 Å². The molecule has 0 bridgehead atoms. The van der Waals surface area contributed by atoms with Gasteiger partial charge in [-0.15, -0.1) is 0 Å². The van der Waals surface area contributed by atoms with Crippen LogP contribution in [0.1, 0.15) is 29.3 Å². The number of morpholine rings is 2. The van der Waals surface area contributed by atoms with Crippen LogP contribution in [-0.2, 0) is 36.5 Å². The monoisotopic (exact) mass is 588 g/mol. The van der Waals surface area contributed by atoms with Crippen LogP contribution in [0.2, 0.25) is 0 Å². The lowest BCUT2D eigenvalue weighted by Crippen LogP contribution is -2.40. The standard InChI is InChI=1S/C28H36N4O6S2/c1-2-38-27(33)23-6-4-22(5-7-23)21-39-28-29-25-20-24(40(34,35)31-14-18-37-19-15-31)8-9-26(25)32(28)11-3-10-30-12-16-36-17-13-30/h4-9,20H,2-3,10-19,21H2,1H3. The molecule has 2 saturated heterocycles. The summed E-state index contributed by atoms with van der Waals surface area (Å²) >= 11 is 1.60. The Labute approximate surface area is 239 Å². The molecule has 12 heteroatoms. The normalized spacial score (nSPS) is 17.3. The van der Waals surface area contributed by atoms with Gasteiger partial charge >= 0.3 is 5.97 Å². The molecule has 0 N–H and O–H groups in total. The summed E-state index contributed by atoms with van der Waals surface area (Å²) in [4.78, 5) is 19.5. The quantitative estimate of drug-likeness (QED) is 0.247. The molecule has 0 radical (unpaired) electrons.